The van der Waals surface area contributed by atoms with Crippen LogP contribution in [0.1, 0.15) is 27.0 Å². The number of phenolic OH excluding ortho intramolecular Hbond substituents is 2. The summed E-state index contributed by atoms with van der Waals surface area (Å²) in [7, 11) is 0. The average molecular weight is 409 g/mol. The minimum absolute atomic E-state index is 0.0371. The van der Waals surface area contributed by atoms with Gasteiger partial charge in [-0.05, 0) is 30.3 Å². The molecule has 0 aliphatic carbocycles. The van der Waals surface area contributed by atoms with Crippen LogP contribution in [0.4, 0.5) is 0 Å². The highest BCUT2D eigenvalue weighted by molar-refractivity contribution is 7.80. The van der Waals surface area contributed by atoms with Crippen molar-refractivity contribution in [2.75, 3.05) is 12.3 Å². The summed E-state index contributed by atoms with van der Waals surface area (Å²) in [5, 5.41) is 19.7. The van der Waals surface area contributed by atoms with E-state index in [1.54, 1.807) is 24.3 Å². The molecular weight excluding hydrogens is 390 g/mol. The lowest BCUT2D eigenvalue weighted by Gasteiger charge is -2.36. The zero-order valence-electron chi connectivity index (χ0n) is 15.3. The van der Waals surface area contributed by atoms with Crippen LogP contribution in [0.2, 0.25) is 0 Å². The molecule has 29 heavy (non-hydrogen) atoms. The fraction of sp³-hybridized carbons (Fsp3) is 0.136. The van der Waals surface area contributed by atoms with Gasteiger partial charge in [-0.15, -0.1) is 0 Å². The highest BCUT2D eigenvalue weighted by Crippen LogP contribution is 2.56. The summed E-state index contributed by atoms with van der Waals surface area (Å²) in [6, 6.07) is 16.6. The normalized spacial score (nSPS) is 14.6. The molecule has 7 heteroatoms. The van der Waals surface area contributed by atoms with Gasteiger partial charge in [-0.2, -0.15) is 12.6 Å². The van der Waals surface area contributed by atoms with Crippen LogP contribution in [0, 0.1) is 0 Å². The van der Waals surface area contributed by atoms with E-state index >= 15 is 0 Å². The van der Waals surface area contributed by atoms with Gasteiger partial charge in [0.25, 0.3) is 0 Å². The number of aromatic hydroxyl groups is 2. The number of fused-ring (bicyclic) bond motifs is 6. The number of esters is 1. The molecule has 0 bridgehead atoms. The Hall–Kier alpha value is -3.16. The first-order chi connectivity index (χ1) is 14.0. The van der Waals surface area contributed by atoms with Gasteiger partial charge in [0.1, 0.15) is 23.0 Å². The van der Waals surface area contributed by atoms with Crippen molar-refractivity contribution < 1.29 is 24.5 Å². The van der Waals surface area contributed by atoms with E-state index in [2.05, 4.69) is 12.6 Å². The number of hydrogen-bond donors (Lipinski definition) is 4. The van der Waals surface area contributed by atoms with E-state index in [1.165, 1.54) is 24.3 Å². The molecule has 2 aliphatic heterocycles. The third-order valence-corrected chi connectivity index (χ3v) is 5.07. The number of hydrogen-bond acceptors (Lipinski definition) is 7. The predicted molar refractivity (Wildman–Crippen MR) is 111 cm³/mol. The Morgan fingerprint density at radius 1 is 0.897 bits per heavy atom. The fourth-order valence-electron chi connectivity index (χ4n) is 3.65. The average Bonchev–Trinajstić information content (AvgIpc) is 3.01. The number of rotatable bonds is 1. The highest BCUT2D eigenvalue weighted by atomic mass is 32.1. The van der Waals surface area contributed by atoms with Crippen molar-refractivity contribution in [3.63, 3.8) is 0 Å². The van der Waals surface area contributed by atoms with Crippen LogP contribution in [0.15, 0.2) is 60.7 Å². The molecule has 2 heterocycles. The van der Waals surface area contributed by atoms with Gasteiger partial charge in [0.15, 0.2) is 5.60 Å². The summed E-state index contributed by atoms with van der Waals surface area (Å²) >= 11 is 3.80. The van der Waals surface area contributed by atoms with E-state index < -0.39 is 11.6 Å². The smallest absolute Gasteiger partial charge is 0.340 e. The van der Waals surface area contributed by atoms with Crippen molar-refractivity contribution in [1.82, 2.24) is 0 Å². The molecule has 6 nitrogen and oxygen atoms in total. The maximum atomic E-state index is 12.5. The van der Waals surface area contributed by atoms with Crippen molar-refractivity contribution in [3.05, 3.63) is 82.9 Å². The lowest BCUT2D eigenvalue weighted by atomic mass is 9.77. The van der Waals surface area contributed by atoms with Gasteiger partial charge in [0.05, 0.1) is 5.56 Å². The molecule has 148 valence electrons. The van der Waals surface area contributed by atoms with Crippen molar-refractivity contribution in [2.45, 2.75) is 5.60 Å². The summed E-state index contributed by atoms with van der Waals surface area (Å²) in [4.78, 5) is 12.5. The summed E-state index contributed by atoms with van der Waals surface area (Å²) in [5.74, 6) is 1.20. The molecule has 0 unspecified atom stereocenters. The maximum Gasteiger partial charge on any atom is 0.340 e. The van der Waals surface area contributed by atoms with Crippen molar-refractivity contribution in [3.8, 4) is 23.0 Å². The third kappa shape index (κ3) is 2.99. The number of benzene rings is 3. The maximum absolute atomic E-state index is 12.5. The largest absolute Gasteiger partial charge is 0.508 e. The van der Waals surface area contributed by atoms with Crippen molar-refractivity contribution in [2.24, 2.45) is 5.73 Å². The Labute approximate surface area is 172 Å². The molecule has 2 aliphatic rings. The topological polar surface area (TPSA) is 102 Å². The zero-order valence-corrected chi connectivity index (χ0v) is 16.2. The van der Waals surface area contributed by atoms with Gasteiger partial charge in [-0.3, -0.25) is 0 Å². The van der Waals surface area contributed by atoms with Gasteiger partial charge in [-0.1, -0.05) is 18.2 Å². The molecule has 1 spiro atoms. The Bertz CT molecular complexity index is 1040. The molecule has 0 aromatic heterocycles. The van der Waals surface area contributed by atoms with Gasteiger partial charge in [-0.25, -0.2) is 4.79 Å². The van der Waals surface area contributed by atoms with E-state index in [1.807, 2.05) is 12.1 Å². The molecular formula is C22H19NO5S. The molecule has 5 rings (SSSR count). The highest BCUT2D eigenvalue weighted by Gasteiger charge is 2.53. The van der Waals surface area contributed by atoms with E-state index in [9.17, 15) is 15.0 Å². The van der Waals surface area contributed by atoms with Gasteiger partial charge < -0.3 is 25.4 Å². The minimum atomic E-state index is -1.17. The van der Waals surface area contributed by atoms with E-state index in [-0.39, 0.29) is 11.5 Å². The van der Waals surface area contributed by atoms with Gasteiger partial charge in [0.2, 0.25) is 0 Å². The molecule has 0 saturated carbocycles. The van der Waals surface area contributed by atoms with E-state index in [0.717, 1.165) is 5.75 Å². The first kappa shape index (κ1) is 19.2. The Morgan fingerprint density at radius 2 is 1.45 bits per heavy atom. The summed E-state index contributed by atoms with van der Waals surface area (Å²) in [6.07, 6.45) is 0. The minimum Gasteiger partial charge on any atom is -0.508 e. The lowest BCUT2D eigenvalue weighted by molar-refractivity contribution is 0.0224. The first-order valence-electron chi connectivity index (χ1n) is 9.00. The van der Waals surface area contributed by atoms with Crippen LogP contribution < -0.4 is 10.5 Å². The number of nitrogens with two attached hydrogens (primary N) is 1. The molecule has 4 N–H and O–H groups in total. The van der Waals surface area contributed by atoms with Crippen LogP contribution >= 0.6 is 12.6 Å². The van der Waals surface area contributed by atoms with Crippen LogP contribution in [-0.4, -0.2) is 28.5 Å². The Morgan fingerprint density at radius 3 is 2.00 bits per heavy atom. The second-order valence-corrected chi connectivity index (χ2v) is 7.04. The van der Waals surface area contributed by atoms with E-state index in [4.69, 9.17) is 15.2 Å². The number of ether oxygens (including phenoxy) is 2. The molecule has 3 aromatic rings. The van der Waals surface area contributed by atoms with E-state index in [0.29, 0.717) is 40.3 Å². The quantitative estimate of drug-likeness (QED) is 0.362. The SMILES string of the molecule is NCCS.O=C1OC2(c3ccc(O)cc3Oc3cc(O)ccc32)c2ccccc21. The molecule has 0 saturated heterocycles. The number of carbonyl (C=O) groups excluding carboxylic acids is 1. The van der Waals surface area contributed by atoms with Gasteiger partial charge >= 0.3 is 5.97 Å². The summed E-state index contributed by atoms with van der Waals surface area (Å²) < 4.78 is 11.8. The second kappa shape index (κ2) is 7.35. The molecule has 0 atom stereocenters. The van der Waals surface area contributed by atoms with Crippen LogP contribution in [0.25, 0.3) is 0 Å². The third-order valence-electron chi connectivity index (χ3n) is 4.81. The van der Waals surface area contributed by atoms with Crippen LogP contribution in [-0.2, 0) is 10.3 Å². The second-order valence-electron chi connectivity index (χ2n) is 6.59. The number of thiol groups is 1. The first-order valence-corrected chi connectivity index (χ1v) is 9.63. The standard InChI is InChI=1S/C20H12O5.C2H7NS/c21-11-5-7-15-17(9-11)24-18-10-12(22)6-8-16(18)20(15)14-4-2-1-3-13(14)19(23)25-20;3-1-2-4/h1-10,21-22H;4H,1-3H2. The Balaban J connectivity index is 0.000000472. The monoisotopic (exact) mass is 409 g/mol. The van der Waals surface area contributed by atoms with Crippen LogP contribution in [0.5, 0.6) is 23.0 Å². The molecule has 0 fully saturated rings. The molecule has 0 radical (unpaired) electrons. The van der Waals surface area contributed by atoms with Crippen molar-refractivity contribution >= 4 is 18.6 Å². The zero-order chi connectivity index (χ0) is 20.6. The van der Waals surface area contributed by atoms with Crippen LogP contribution in [0.3, 0.4) is 0 Å². The summed E-state index contributed by atoms with van der Waals surface area (Å²) in [6.45, 7) is 0.684. The van der Waals surface area contributed by atoms with Gasteiger partial charge in [0, 0.05) is 41.1 Å². The molecule has 3 aromatic carbocycles. The van der Waals surface area contributed by atoms with Crippen molar-refractivity contribution in [1.29, 1.82) is 0 Å². The molecule has 0 amide bonds. The number of carbonyl (C=O) groups is 1. The number of phenols is 2. The Kier molecular flexibility index (Phi) is 4.86. The fourth-order valence-corrected chi connectivity index (χ4v) is 3.65. The lowest BCUT2D eigenvalue weighted by Crippen LogP contribution is -2.32. The predicted octanol–water partition coefficient (Wildman–Crippen LogP) is 3.54. The summed E-state index contributed by atoms with van der Waals surface area (Å²) in [5.41, 5.74) is 6.23.